The van der Waals surface area contributed by atoms with Crippen molar-refractivity contribution in [1.29, 1.82) is 0 Å². The molecule has 5 aromatic carbocycles. The van der Waals surface area contributed by atoms with Gasteiger partial charge in [-0.25, -0.2) is 0 Å². The van der Waals surface area contributed by atoms with Crippen molar-refractivity contribution in [3.63, 3.8) is 0 Å². The van der Waals surface area contributed by atoms with Crippen molar-refractivity contribution >= 4 is 0 Å². The molecule has 5 rings (SSSR count). The third-order valence-corrected chi connectivity index (χ3v) is 7.15. The van der Waals surface area contributed by atoms with Gasteiger partial charge in [-0.15, -0.1) is 0 Å². The Kier molecular flexibility index (Phi) is 11.0. The Morgan fingerprint density at radius 2 is 0.708 bits per heavy atom. The average molecular weight is 629 g/mol. The molecule has 48 heavy (non-hydrogen) atoms. The van der Waals surface area contributed by atoms with E-state index in [1.54, 1.807) is 35.5 Å². The van der Waals surface area contributed by atoms with Crippen molar-refractivity contribution in [2.45, 2.75) is 0 Å². The Balaban J connectivity index is 1.33. The van der Waals surface area contributed by atoms with Crippen LogP contribution in [0, 0.1) is 47.4 Å². The fraction of sp³-hybridized carbons (Fsp3) is 0.116. The second-order valence-electron chi connectivity index (χ2n) is 10.2. The van der Waals surface area contributed by atoms with Gasteiger partial charge in [0.2, 0.25) is 0 Å². The van der Waals surface area contributed by atoms with Gasteiger partial charge < -0.3 is 23.7 Å². The fourth-order valence-corrected chi connectivity index (χ4v) is 4.62. The minimum atomic E-state index is 0.621. The van der Waals surface area contributed by atoms with Crippen LogP contribution in [0.5, 0.6) is 28.7 Å². The van der Waals surface area contributed by atoms with Crippen LogP contribution in [-0.4, -0.2) is 35.5 Å². The van der Waals surface area contributed by atoms with E-state index in [0.29, 0.717) is 17.2 Å². The van der Waals surface area contributed by atoms with E-state index in [-0.39, 0.29) is 0 Å². The maximum atomic E-state index is 5.65. The lowest BCUT2D eigenvalue weighted by Crippen LogP contribution is -1.91. The van der Waals surface area contributed by atoms with E-state index in [9.17, 15) is 0 Å². The summed E-state index contributed by atoms with van der Waals surface area (Å²) in [5, 5.41) is 0. The highest BCUT2D eigenvalue weighted by molar-refractivity contribution is 5.59. The van der Waals surface area contributed by atoms with Crippen molar-refractivity contribution in [3.05, 3.63) is 148 Å². The number of hydrogen-bond donors (Lipinski definition) is 0. The molecule has 0 fully saturated rings. The molecule has 0 aliphatic heterocycles. The van der Waals surface area contributed by atoms with Crippen molar-refractivity contribution in [2.75, 3.05) is 35.5 Å². The number of para-hydroxylation sites is 1. The molecule has 0 aromatic heterocycles. The predicted octanol–water partition coefficient (Wildman–Crippen LogP) is 7.33. The SMILES string of the molecule is COc1cccc(C#Cc2ccc(C#Cc3ccc(C#Cc4ccc(C#Cc5ccccc5OC)cc4OC)cc3OC)cc2OC)c1. The lowest BCUT2D eigenvalue weighted by molar-refractivity contribution is 0.413. The highest BCUT2D eigenvalue weighted by Crippen LogP contribution is 2.23. The zero-order valence-electron chi connectivity index (χ0n) is 27.4. The summed E-state index contributed by atoms with van der Waals surface area (Å²) in [7, 11) is 8.12. The minimum Gasteiger partial charge on any atom is -0.497 e. The van der Waals surface area contributed by atoms with Crippen LogP contribution < -0.4 is 23.7 Å². The topological polar surface area (TPSA) is 46.2 Å². The second-order valence-corrected chi connectivity index (χ2v) is 10.2. The molecule has 0 aliphatic rings. The first-order valence-electron chi connectivity index (χ1n) is 14.9. The Morgan fingerprint density at radius 3 is 1.12 bits per heavy atom. The molecule has 0 radical (unpaired) electrons. The van der Waals surface area contributed by atoms with Gasteiger partial charge in [-0.05, 0) is 84.9 Å². The van der Waals surface area contributed by atoms with Gasteiger partial charge in [-0.3, -0.25) is 0 Å². The standard InChI is InChI=1S/C43H32O5/c1-44-39-11-8-9-31(27-39)13-21-36-22-16-33(29-41(36)46-3)17-25-38-26-19-34(30-43(38)48-5)18-24-37-23-15-32(28-42(37)47-4)14-20-35-10-6-7-12-40(35)45-2/h6-12,15-16,19,22-23,26-30H,1-5H3. The van der Waals surface area contributed by atoms with Gasteiger partial charge in [0.1, 0.15) is 28.7 Å². The summed E-state index contributed by atoms with van der Waals surface area (Å²) in [6.45, 7) is 0. The predicted molar refractivity (Wildman–Crippen MR) is 189 cm³/mol. The average Bonchev–Trinajstić information content (AvgIpc) is 3.15. The minimum absolute atomic E-state index is 0.621. The van der Waals surface area contributed by atoms with E-state index < -0.39 is 0 Å². The van der Waals surface area contributed by atoms with Crippen LogP contribution in [0.25, 0.3) is 0 Å². The molecule has 234 valence electrons. The van der Waals surface area contributed by atoms with Gasteiger partial charge in [0.25, 0.3) is 0 Å². The summed E-state index contributed by atoms with van der Waals surface area (Å²) in [6, 6.07) is 32.3. The summed E-state index contributed by atoms with van der Waals surface area (Å²) >= 11 is 0. The van der Waals surface area contributed by atoms with Crippen LogP contribution in [0.2, 0.25) is 0 Å². The van der Waals surface area contributed by atoms with E-state index in [4.69, 9.17) is 23.7 Å². The number of ether oxygens (including phenoxy) is 5. The first-order valence-corrected chi connectivity index (χ1v) is 14.9. The van der Waals surface area contributed by atoms with Crippen LogP contribution in [-0.2, 0) is 0 Å². The van der Waals surface area contributed by atoms with Crippen molar-refractivity contribution in [2.24, 2.45) is 0 Å². The molecule has 0 N–H and O–H groups in total. The van der Waals surface area contributed by atoms with Crippen LogP contribution >= 0.6 is 0 Å². The highest BCUT2D eigenvalue weighted by atomic mass is 16.5. The molecule has 0 aliphatic carbocycles. The summed E-state index contributed by atoms with van der Waals surface area (Å²) in [5.41, 5.74) is 6.28. The third-order valence-electron chi connectivity index (χ3n) is 7.15. The zero-order valence-corrected chi connectivity index (χ0v) is 27.4. The molecule has 5 aromatic rings. The molecular weight excluding hydrogens is 596 g/mol. The second kappa shape index (κ2) is 16.1. The zero-order chi connectivity index (χ0) is 33.7. The molecule has 0 amide bonds. The van der Waals surface area contributed by atoms with E-state index >= 15 is 0 Å². The van der Waals surface area contributed by atoms with Crippen LogP contribution in [0.15, 0.2) is 103 Å². The highest BCUT2D eigenvalue weighted by Gasteiger charge is 2.05. The van der Waals surface area contributed by atoms with Crippen LogP contribution in [0.1, 0.15) is 44.5 Å². The Bertz CT molecular complexity index is 2200. The van der Waals surface area contributed by atoms with Crippen LogP contribution in [0.4, 0.5) is 0 Å². The molecule has 0 saturated carbocycles. The maximum absolute atomic E-state index is 5.65. The molecule has 0 bridgehead atoms. The largest absolute Gasteiger partial charge is 0.497 e. The van der Waals surface area contributed by atoms with Crippen molar-refractivity contribution < 1.29 is 23.7 Å². The molecular formula is C43H32O5. The molecule has 5 heteroatoms. The van der Waals surface area contributed by atoms with Gasteiger partial charge >= 0.3 is 0 Å². The number of rotatable bonds is 5. The first-order chi connectivity index (χ1) is 23.5. The first kappa shape index (κ1) is 32.7. The van der Waals surface area contributed by atoms with Gasteiger partial charge in [0.05, 0.1) is 57.8 Å². The monoisotopic (exact) mass is 628 g/mol. The lowest BCUT2D eigenvalue weighted by Gasteiger charge is -2.05. The maximum Gasteiger partial charge on any atom is 0.135 e. The molecule has 5 nitrogen and oxygen atoms in total. The van der Waals surface area contributed by atoms with E-state index in [0.717, 1.165) is 56.0 Å². The molecule has 0 spiro atoms. The Labute approximate surface area is 282 Å². The summed E-state index contributed by atoms with van der Waals surface area (Å²) in [5.74, 6) is 28.9. The molecule has 0 saturated heterocycles. The lowest BCUT2D eigenvalue weighted by atomic mass is 10.1. The summed E-state index contributed by atoms with van der Waals surface area (Å²) in [6.07, 6.45) is 0. The Morgan fingerprint density at radius 1 is 0.312 bits per heavy atom. The fourth-order valence-electron chi connectivity index (χ4n) is 4.62. The number of methoxy groups -OCH3 is 5. The molecule has 0 unspecified atom stereocenters. The molecule has 0 atom stereocenters. The van der Waals surface area contributed by atoms with Gasteiger partial charge in [-0.2, -0.15) is 0 Å². The van der Waals surface area contributed by atoms with Crippen LogP contribution in [0.3, 0.4) is 0 Å². The summed E-state index contributed by atoms with van der Waals surface area (Å²) in [4.78, 5) is 0. The Hall–Kier alpha value is -6.66. The van der Waals surface area contributed by atoms with E-state index in [1.165, 1.54) is 0 Å². The smallest absolute Gasteiger partial charge is 0.135 e. The number of hydrogen-bond acceptors (Lipinski definition) is 5. The third kappa shape index (κ3) is 8.33. The van der Waals surface area contributed by atoms with E-state index in [2.05, 4.69) is 47.4 Å². The van der Waals surface area contributed by atoms with Gasteiger partial charge in [0.15, 0.2) is 0 Å². The van der Waals surface area contributed by atoms with Crippen molar-refractivity contribution in [1.82, 2.24) is 0 Å². The number of benzene rings is 5. The van der Waals surface area contributed by atoms with E-state index in [1.807, 2.05) is 103 Å². The van der Waals surface area contributed by atoms with Crippen molar-refractivity contribution in [3.8, 4) is 76.1 Å². The normalized spacial score (nSPS) is 9.52. The summed E-state index contributed by atoms with van der Waals surface area (Å²) < 4.78 is 27.5. The van der Waals surface area contributed by atoms with Gasteiger partial charge in [0, 0.05) is 22.3 Å². The van der Waals surface area contributed by atoms with Gasteiger partial charge in [-0.1, -0.05) is 65.6 Å². The molecule has 0 heterocycles. The quantitative estimate of drug-likeness (QED) is 0.191.